The summed E-state index contributed by atoms with van der Waals surface area (Å²) in [4.78, 5) is 13.8. The van der Waals surface area contributed by atoms with Gasteiger partial charge in [-0.1, -0.05) is 24.3 Å². The second kappa shape index (κ2) is 5.61. The molecular weight excluding hydrogens is 290 g/mol. The van der Waals surface area contributed by atoms with E-state index in [4.69, 9.17) is 9.15 Å². The van der Waals surface area contributed by atoms with Gasteiger partial charge in [0.25, 0.3) is 0 Å². The number of nitrogens with zero attached hydrogens (tertiary/aromatic N) is 1. The van der Waals surface area contributed by atoms with E-state index in [1.807, 2.05) is 12.1 Å². The highest BCUT2D eigenvalue weighted by atomic mass is 16.5. The van der Waals surface area contributed by atoms with Crippen LogP contribution in [0.1, 0.15) is 42.6 Å². The molecule has 3 rings (SSSR count). The maximum atomic E-state index is 11.5. The summed E-state index contributed by atoms with van der Waals surface area (Å²) in [5, 5.41) is 0. The van der Waals surface area contributed by atoms with Gasteiger partial charge in [0.05, 0.1) is 19.2 Å². The highest BCUT2D eigenvalue weighted by molar-refractivity contribution is 5.86. The number of carbonyl (C=O) groups is 1. The third-order valence-corrected chi connectivity index (χ3v) is 4.25. The predicted molar refractivity (Wildman–Crippen MR) is 90.4 cm³/mol. The molecule has 4 nitrogen and oxygen atoms in total. The third kappa shape index (κ3) is 2.77. The molecule has 0 spiro atoms. The second-order valence-electron chi connectivity index (χ2n) is 6.34. The van der Waals surface area contributed by atoms with Crippen molar-refractivity contribution in [1.82, 2.24) is 0 Å². The van der Waals surface area contributed by atoms with Crippen molar-refractivity contribution in [2.75, 3.05) is 12.0 Å². The van der Waals surface area contributed by atoms with Crippen molar-refractivity contribution in [3.63, 3.8) is 0 Å². The lowest BCUT2D eigenvalue weighted by molar-refractivity contribution is 0.0563. The Morgan fingerprint density at radius 3 is 2.70 bits per heavy atom. The van der Waals surface area contributed by atoms with Crippen molar-refractivity contribution in [3.8, 4) is 0 Å². The summed E-state index contributed by atoms with van der Waals surface area (Å²) in [5.74, 6) is 0.517. The lowest BCUT2D eigenvalue weighted by Crippen LogP contribution is -2.44. The number of ether oxygens (including phenoxy) is 1. The number of rotatable bonds is 3. The van der Waals surface area contributed by atoms with Crippen LogP contribution in [0.3, 0.4) is 0 Å². The van der Waals surface area contributed by atoms with E-state index in [2.05, 4.69) is 49.9 Å². The molecule has 0 saturated carbocycles. The van der Waals surface area contributed by atoms with Gasteiger partial charge in [0.1, 0.15) is 5.76 Å². The number of allylic oxidation sites excluding steroid dienone is 1. The van der Waals surface area contributed by atoms with Crippen LogP contribution in [-0.4, -0.2) is 18.6 Å². The van der Waals surface area contributed by atoms with E-state index in [0.29, 0.717) is 6.54 Å². The Balaban J connectivity index is 1.95. The Labute approximate surface area is 136 Å². The number of benzene rings is 1. The molecule has 4 heteroatoms. The van der Waals surface area contributed by atoms with Gasteiger partial charge >= 0.3 is 5.97 Å². The Morgan fingerprint density at radius 1 is 1.22 bits per heavy atom. The van der Waals surface area contributed by atoms with Gasteiger partial charge in [-0.25, -0.2) is 4.79 Å². The number of anilines is 1. The monoisotopic (exact) mass is 311 g/mol. The highest BCUT2D eigenvalue weighted by Gasteiger charge is 2.31. The molecule has 0 atom stereocenters. The van der Waals surface area contributed by atoms with E-state index in [0.717, 1.165) is 5.76 Å². The zero-order chi connectivity index (χ0) is 16.6. The van der Waals surface area contributed by atoms with Gasteiger partial charge in [-0.3, -0.25) is 0 Å². The highest BCUT2D eigenvalue weighted by Crippen LogP contribution is 2.39. The van der Waals surface area contributed by atoms with Crippen LogP contribution < -0.4 is 4.90 Å². The topological polar surface area (TPSA) is 42.7 Å². The summed E-state index contributed by atoms with van der Waals surface area (Å²) < 4.78 is 10.3. The number of esters is 1. The van der Waals surface area contributed by atoms with E-state index >= 15 is 0 Å². The lowest BCUT2D eigenvalue weighted by Gasteiger charge is -2.42. The molecule has 0 unspecified atom stereocenters. The number of para-hydroxylation sites is 1. The number of methoxy groups -OCH3 is 1. The number of fused-ring (bicyclic) bond motifs is 1. The largest absolute Gasteiger partial charge is 0.463 e. The molecule has 0 radical (unpaired) electrons. The third-order valence-electron chi connectivity index (χ3n) is 4.25. The quantitative estimate of drug-likeness (QED) is 0.794. The minimum Gasteiger partial charge on any atom is -0.463 e. The Hall–Kier alpha value is -2.49. The summed E-state index contributed by atoms with van der Waals surface area (Å²) in [7, 11) is 1.35. The van der Waals surface area contributed by atoms with Crippen molar-refractivity contribution in [3.05, 3.63) is 59.6 Å². The van der Waals surface area contributed by atoms with Crippen LogP contribution in [0, 0.1) is 0 Å². The van der Waals surface area contributed by atoms with Crippen LogP contribution in [0.15, 0.2) is 46.9 Å². The summed E-state index contributed by atoms with van der Waals surface area (Å²) in [6.45, 7) is 7.08. The Kier molecular flexibility index (Phi) is 3.76. The van der Waals surface area contributed by atoms with Gasteiger partial charge in [-0.2, -0.15) is 0 Å². The summed E-state index contributed by atoms with van der Waals surface area (Å²) in [5.41, 5.74) is 3.54. The molecule has 1 aromatic carbocycles. The Morgan fingerprint density at radius 2 is 1.96 bits per heavy atom. The van der Waals surface area contributed by atoms with Crippen LogP contribution in [-0.2, 0) is 11.3 Å². The smallest absolute Gasteiger partial charge is 0.373 e. The zero-order valence-electron chi connectivity index (χ0n) is 13.9. The molecule has 1 aromatic heterocycles. The van der Waals surface area contributed by atoms with Crippen molar-refractivity contribution < 1.29 is 13.9 Å². The van der Waals surface area contributed by atoms with Crippen molar-refractivity contribution >= 4 is 17.2 Å². The molecule has 2 heterocycles. The van der Waals surface area contributed by atoms with Gasteiger partial charge in [-0.05, 0) is 44.5 Å². The van der Waals surface area contributed by atoms with Gasteiger partial charge < -0.3 is 14.1 Å². The molecule has 0 aliphatic carbocycles. The van der Waals surface area contributed by atoms with Crippen LogP contribution in [0.2, 0.25) is 0 Å². The maximum absolute atomic E-state index is 11.5. The van der Waals surface area contributed by atoms with Gasteiger partial charge in [0.15, 0.2) is 0 Å². The lowest BCUT2D eigenvalue weighted by atomic mass is 9.89. The molecule has 0 fully saturated rings. The molecule has 2 aromatic rings. The molecule has 1 aliphatic rings. The normalized spacial score (nSPS) is 15.8. The molecule has 0 N–H and O–H groups in total. The first-order chi connectivity index (χ1) is 10.9. The SMILES string of the molecule is COC(=O)c1ccc(CN2c3ccccc3C(C)=CC2(C)C)o1. The molecule has 0 bridgehead atoms. The van der Waals surface area contributed by atoms with E-state index in [1.165, 1.54) is 23.9 Å². The zero-order valence-corrected chi connectivity index (χ0v) is 13.9. The van der Waals surface area contributed by atoms with E-state index in [-0.39, 0.29) is 11.3 Å². The van der Waals surface area contributed by atoms with E-state index in [1.54, 1.807) is 6.07 Å². The molecule has 0 saturated heterocycles. The summed E-state index contributed by atoms with van der Waals surface area (Å²) >= 11 is 0. The predicted octanol–water partition coefficient (Wildman–Crippen LogP) is 4.27. The van der Waals surface area contributed by atoms with Gasteiger partial charge in [0.2, 0.25) is 5.76 Å². The second-order valence-corrected chi connectivity index (χ2v) is 6.34. The first-order valence-corrected chi connectivity index (χ1v) is 7.66. The average Bonchev–Trinajstić information content (AvgIpc) is 2.99. The summed E-state index contributed by atoms with van der Waals surface area (Å²) in [6, 6.07) is 11.8. The molecule has 120 valence electrons. The van der Waals surface area contributed by atoms with Crippen molar-refractivity contribution in [1.29, 1.82) is 0 Å². The molecule has 1 aliphatic heterocycles. The van der Waals surface area contributed by atoms with Crippen LogP contribution in [0.4, 0.5) is 5.69 Å². The van der Waals surface area contributed by atoms with Crippen molar-refractivity contribution in [2.24, 2.45) is 0 Å². The number of furan rings is 1. The minimum atomic E-state index is -0.453. The average molecular weight is 311 g/mol. The fourth-order valence-electron chi connectivity index (χ4n) is 3.16. The van der Waals surface area contributed by atoms with Crippen LogP contribution in [0.5, 0.6) is 0 Å². The number of hydrogen-bond donors (Lipinski definition) is 0. The molecular formula is C19H21NO3. The summed E-state index contributed by atoms with van der Waals surface area (Å²) in [6.07, 6.45) is 2.26. The maximum Gasteiger partial charge on any atom is 0.373 e. The fourth-order valence-corrected chi connectivity index (χ4v) is 3.16. The van der Waals surface area contributed by atoms with E-state index < -0.39 is 5.97 Å². The van der Waals surface area contributed by atoms with Gasteiger partial charge in [-0.15, -0.1) is 0 Å². The fraction of sp³-hybridized carbons (Fsp3) is 0.316. The number of carbonyl (C=O) groups excluding carboxylic acids is 1. The van der Waals surface area contributed by atoms with Crippen LogP contribution >= 0.6 is 0 Å². The first kappa shape index (κ1) is 15.4. The molecule has 0 amide bonds. The first-order valence-electron chi connectivity index (χ1n) is 7.66. The Bertz CT molecular complexity index is 770. The van der Waals surface area contributed by atoms with Crippen LogP contribution in [0.25, 0.3) is 5.57 Å². The number of hydrogen-bond acceptors (Lipinski definition) is 4. The van der Waals surface area contributed by atoms with Crippen molar-refractivity contribution in [2.45, 2.75) is 32.9 Å². The van der Waals surface area contributed by atoms with E-state index in [9.17, 15) is 4.79 Å². The van der Waals surface area contributed by atoms with Gasteiger partial charge in [0, 0.05) is 11.3 Å². The standard InChI is InChI=1S/C19H21NO3/c1-13-11-19(2,3)20(16-8-6-5-7-15(13)16)12-14-9-10-17(23-14)18(21)22-4/h5-11H,12H2,1-4H3. The minimum absolute atomic E-state index is 0.142. The molecule has 23 heavy (non-hydrogen) atoms.